The molecule has 0 amide bonds. The largest absolute Gasteiger partial charge is 0.305 e. The van der Waals surface area contributed by atoms with Gasteiger partial charge in [0.1, 0.15) is 0 Å². The molecule has 0 aromatic carbocycles. The molecule has 1 N–H and O–H groups in total. The molecule has 0 unspecified atom stereocenters. The van der Waals surface area contributed by atoms with Crippen LogP contribution < -0.4 is 0 Å². The average Bonchev–Trinajstić information content (AvgIpc) is 1.86. The van der Waals surface area contributed by atoms with Gasteiger partial charge >= 0.3 is 0 Å². The molecule has 1 nitrogen and oxygen atoms in total. The van der Waals surface area contributed by atoms with Crippen molar-refractivity contribution in [3.63, 3.8) is 0 Å². The second kappa shape index (κ2) is 4.89. The maximum absolute atomic E-state index is 7.58. The van der Waals surface area contributed by atoms with Crippen LogP contribution in [0.5, 0.6) is 0 Å². The van der Waals surface area contributed by atoms with E-state index in [0.717, 1.165) is 29.7 Å². The van der Waals surface area contributed by atoms with E-state index in [2.05, 4.69) is 13.5 Å². The van der Waals surface area contributed by atoms with Crippen LogP contribution in [0.3, 0.4) is 0 Å². The molecule has 0 aliphatic carbocycles. The third-order valence-electron chi connectivity index (χ3n) is 1.44. The van der Waals surface area contributed by atoms with Gasteiger partial charge in [0.2, 0.25) is 0 Å². The first-order valence-corrected chi connectivity index (χ1v) is 3.99. The molecule has 0 radical (unpaired) electrons. The molecule has 0 aliphatic heterocycles. The van der Waals surface area contributed by atoms with Gasteiger partial charge in [-0.2, -0.15) is 0 Å². The van der Waals surface area contributed by atoms with Crippen LogP contribution in [0, 0.1) is 5.41 Å². The fraction of sp³-hybridized carbons (Fsp3) is 0.500. The summed E-state index contributed by atoms with van der Waals surface area (Å²) in [7, 11) is 0. The van der Waals surface area contributed by atoms with Crippen LogP contribution in [0.2, 0.25) is 0 Å². The van der Waals surface area contributed by atoms with Crippen LogP contribution in [0.15, 0.2) is 23.8 Å². The summed E-state index contributed by atoms with van der Waals surface area (Å²) in [6.45, 7) is 9.76. The van der Waals surface area contributed by atoms with Crippen LogP contribution in [0.1, 0.15) is 33.6 Å². The van der Waals surface area contributed by atoms with Crippen molar-refractivity contribution in [3.05, 3.63) is 23.8 Å². The summed E-state index contributed by atoms with van der Waals surface area (Å²) in [5.41, 5.74) is 2.79. The summed E-state index contributed by atoms with van der Waals surface area (Å²) in [5.74, 6) is 0. The lowest BCUT2D eigenvalue weighted by Crippen LogP contribution is -1.96. The van der Waals surface area contributed by atoms with E-state index >= 15 is 0 Å². The first kappa shape index (κ1) is 10.2. The van der Waals surface area contributed by atoms with Gasteiger partial charge in [-0.15, -0.1) is 0 Å². The van der Waals surface area contributed by atoms with Crippen molar-refractivity contribution in [1.29, 1.82) is 5.41 Å². The summed E-state index contributed by atoms with van der Waals surface area (Å²) in [6.07, 6.45) is 3.87. The van der Waals surface area contributed by atoms with E-state index in [0.29, 0.717) is 0 Å². The lowest BCUT2D eigenvalue weighted by molar-refractivity contribution is 0.983. The Hall–Kier alpha value is -0.850. The number of nitrogens with one attached hydrogen (secondary N) is 1. The second-order valence-electron chi connectivity index (χ2n) is 2.90. The summed E-state index contributed by atoms with van der Waals surface area (Å²) in [4.78, 5) is 0. The standard InChI is InChI=1S/C10H17N/c1-5-6-10(11)9(4)7-8(2)3/h7,11H,2,5-6H2,1,3-4H3/b9-7-,11-10?. The predicted molar refractivity (Wildman–Crippen MR) is 51.2 cm³/mol. The van der Waals surface area contributed by atoms with Crippen molar-refractivity contribution in [2.75, 3.05) is 0 Å². The van der Waals surface area contributed by atoms with Crippen LogP contribution in [-0.4, -0.2) is 5.71 Å². The molecule has 0 saturated carbocycles. The zero-order valence-corrected chi connectivity index (χ0v) is 7.70. The van der Waals surface area contributed by atoms with Gasteiger partial charge < -0.3 is 5.41 Å². The van der Waals surface area contributed by atoms with Gasteiger partial charge in [0.15, 0.2) is 0 Å². The minimum absolute atomic E-state index is 0.732. The quantitative estimate of drug-likeness (QED) is 0.470. The van der Waals surface area contributed by atoms with Gasteiger partial charge in [-0.25, -0.2) is 0 Å². The number of allylic oxidation sites excluding steroid dienone is 3. The first-order valence-electron chi connectivity index (χ1n) is 3.99. The van der Waals surface area contributed by atoms with Crippen molar-refractivity contribution in [2.24, 2.45) is 0 Å². The Labute approximate surface area is 69.3 Å². The highest BCUT2D eigenvalue weighted by Gasteiger charge is 1.96. The zero-order valence-electron chi connectivity index (χ0n) is 7.70. The minimum atomic E-state index is 0.732. The monoisotopic (exact) mass is 151 g/mol. The highest BCUT2D eigenvalue weighted by molar-refractivity contribution is 5.97. The molecule has 0 bridgehead atoms. The molecule has 0 aromatic rings. The number of hydrogen-bond acceptors (Lipinski definition) is 1. The van der Waals surface area contributed by atoms with E-state index in [-0.39, 0.29) is 0 Å². The Morgan fingerprint density at radius 1 is 1.45 bits per heavy atom. The topological polar surface area (TPSA) is 23.9 Å². The normalized spacial score (nSPS) is 11.4. The van der Waals surface area contributed by atoms with E-state index in [1.54, 1.807) is 0 Å². The van der Waals surface area contributed by atoms with Crippen LogP contribution in [0.4, 0.5) is 0 Å². The Morgan fingerprint density at radius 2 is 2.00 bits per heavy atom. The maximum Gasteiger partial charge on any atom is 0.0343 e. The SMILES string of the molecule is C=C(C)/C=C(/C)C(=N)CCC. The molecular formula is C10H17N. The molecule has 11 heavy (non-hydrogen) atoms. The molecular weight excluding hydrogens is 134 g/mol. The fourth-order valence-corrected chi connectivity index (χ4v) is 0.904. The van der Waals surface area contributed by atoms with Gasteiger partial charge in [-0.3, -0.25) is 0 Å². The maximum atomic E-state index is 7.58. The molecule has 0 fully saturated rings. The summed E-state index contributed by atoms with van der Waals surface area (Å²) in [5, 5.41) is 7.58. The van der Waals surface area contributed by atoms with Crippen molar-refractivity contribution in [2.45, 2.75) is 33.6 Å². The lowest BCUT2D eigenvalue weighted by atomic mass is 10.1. The minimum Gasteiger partial charge on any atom is -0.305 e. The van der Waals surface area contributed by atoms with Crippen LogP contribution >= 0.6 is 0 Å². The van der Waals surface area contributed by atoms with Crippen LogP contribution in [-0.2, 0) is 0 Å². The third kappa shape index (κ3) is 4.54. The van der Waals surface area contributed by atoms with Gasteiger partial charge in [-0.1, -0.05) is 31.6 Å². The van der Waals surface area contributed by atoms with Crippen molar-refractivity contribution in [3.8, 4) is 0 Å². The van der Waals surface area contributed by atoms with Gasteiger partial charge in [0.25, 0.3) is 0 Å². The van der Waals surface area contributed by atoms with Crippen LogP contribution in [0.25, 0.3) is 0 Å². The molecule has 0 aliphatic rings. The molecule has 0 rings (SSSR count). The van der Waals surface area contributed by atoms with Crippen molar-refractivity contribution < 1.29 is 0 Å². The molecule has 0 heterocycles. The Balaban J connectivity index is 4.12. The van der Waals surface area contributed by atoms with Crippen molar-refractivity contribution in [1.82, 2.24) is 0 Å². The average molecular weight is 151 g/mol. The van der Waals surface area contributed by atoms with E-state index < -0.39 is 0 Å². The molecule has 0 atom stereocenters. The Bertz CT molecular complexity index is 187. The summed E-state index contributed by atoms with van der Waals surface area (Å²) >= 11 is 0. The molecule has 1 heteroatoms. The molecule has 0 saturated heterocycles. The van der Waals surface area contributed by atoms with Gasteiger partial charge in [0.05, 0.1) is 0 Å². The fourth-order valence-electron chi connectivity index (χ4n) is 0.904. The Kier molecular flexibility index (Phi) is 4.51. The van der Waals surface area contributed by atoms with E-state index in [4.69, 9.17) is 5.41 Å². The summed E-state index contributed by atoms with van der Waals surface area (Å²) < 4.78 is 0. The van der Waals surface area contributed by atoms with E-state index in [1.807, 2.05) is 19.9 Å². The lowest BCUT2D eigenvalue weighted by Gasteiger charge is -2.01. The smallest absolute Gasteiger partial charge is 0.0343 e. The second-order valence-corrected chi connectivity index (χ2v) is 2.90. The Morgan fingerprint density at radius 3 is 2.36 bits per heavy atom. The zero-order chi connectivity index (χ0) is 8.85. The molecule has 0 spiro atoms. The number of hydrogen-bond donors (Lipinski definition) is 1. The van der Waals surface area contributed by atoms with Gasteiger partial charge in [-0.05, 0) is 25.8 Å². The molecule has 62 valence electrons. The highest BCUT2D eigenvalue weighted by atomic mass is 14.4. The summed E-state index contributed by atoms with van der Waals surface area (Å²) in [6, 6.07) is 0. The first-order chi connectivity index (χ1) is 5.07. The van der Waals surface area contributed by atoms with E-state index in [1.165, 1.54) is 0 Å². The third-order valence-corrected chi connectivity index (χ3v) is 1.44. The highest BCUT2D eigenvalue weighted by Crippen LogP contribution is 2.04. The molecule has 0 aromatic heterocycles. The number of rotatable bonds is 4. The van der Waals surface area contributed by atoms with Gasteiger partial charge in [0, 0.05) is 5.71 Å². The predicted octanol–water partition coefficient (Wildman–Crippen LogP) is 3.33. The van der Waals surface area contributed by atoms with E-state index in [9.17, 15) is 0 Å². The van der Waals surface area contributed by atoms with Crippen molar-refractivity contribution >= 4 is 5.71 Å².